The van der Waals surface area contributed by atoms with Gasteiger partial charge in [0.05, 0.1) is 24.8 Å². The quantitative estimate of drug-likeness (QED) is 0.833. The minimum Gasteiger partial charge on any atom is -0.425 e. The van der Waals surface area contributed by atoms with Crippen LogP contribution in [0, 0.1) is 11.8 Å². The lowest BCUT2D eigenvalue weighted by molar-refractivity contribution is 0.0792. The molecular weight excluding hydrogens is 316 g/mol. The summed E-state index contributed by atoms with van der Waals surface area (Å²) in [6, 6.07) is 6.13. The van der Waals surface area contributed by atoms with Crippen molar-refractivity contribution in [3.05, 3.63) is 41.9 Å². The summed E-state index contributed by atoms with van der Waals surface area (Å²) in [7, 11) is 0. The van der Waals surface area contributed by atoms with Crippen LogP contribution in [0.4, 0.5) is 0 Å². The first-order chi connectivity index (χ1) is 12.3. The number of hydrogen-bond acceptors (Lipinski definition) is 6. The number of rotatable bonds is 5. The third kappa shape index (κ3) is 3.33. The summed E-state index contributed by atoms with van der Waals surface area (Å²) in [5, 5.41) is 8.43. The van der Waals surface area contributed by atoms with Crippen molar-refractivity contribution in [2.24, 2.45) is 11.8 Å². The molecule has 0 aromatic carbocycles. The van der Waals surface area contributed by atoms with Crippen molar-refractivity contribution in [3.8, 4) is 0 Å². The Labute approximate surface area is 147 Å². The van der Waals surface area contributed by atoms with Crippen LogP contribution in [0.15, 0.2) is 28.8 Å². The Bertz CT molecular complexity index is 715. The highest BCUT2D eigenvalue weighted by Crippen LogP contribution is 2.40. The van der Waals surface area contributed by atoms with Gasteiger partial charge in [-0.15, -0.1) is 10.2 Å². The Balaban J connectivity index is 1.18. The SMILES string of the molecule is c1ccc(CN2CC[C@@H]3[C@@H](CO[C@@H]3Cc3nnc(C4CC4)o3)C2)nc1. The summed E-state index contributed by atoms with van der Waals surface area (Å²) in [4.78, 5) is 6.96. The van der Waals surface area contributed by atoms with Crippen LogP contribution in [0.5, 0.6) is 0 Å². The fourth-order valence-electron chi connectivity index (χ4n) is 4.25. The Morgan fingerprint density at radius 2 is 2.12 bits per heavy atom. The topological polar surface area (TPSA) is 64.3 Å². The van der Waals surface area contributed by atoms with Crippen LogP contribution >= 0.6 is 0 Å². The fraction of sp³-hybridized carbons (Fsp3) is 0.632. The van der Waals surface area contributed by atoms with Gasteiger partial charge >= 0.3 is 0 Å². The Morgan fingerprint density at radius 3 is 2.96 bits per heavy atom. The molecule has 0 radical (unpaired) electrons. The minimum absolute atomic E-state index is 0.231. The van der Waals surface area contributed by atoms with Crippen LogP contribution in [0.2, 0.25) is 0 Å². The van der Waals surface area contributed by atoms with Gasteiger partial charge in [-0.1, -0.05) is 6.07 Å². The maximum absolute atomic E-state index is 6.12. The third-order valence-electron chi connectivity index (χ3n) is 5.78. The molecule has 1 saturated carbocycles. The zero-order valence-corrected chi connectivity index (χ0v) is 14.4. The summed E-state index contributed by atoms with van der Waals surface area (Å²) in [6.45, 7) is 3.98. The van der Waals surface area contributed by atoms with E-state index in [4.69, 9.17) is 9.15 Å². The number of pyridine rings is 1. The van der Waals surface area contributed by atoms with Crippen molar-refractivity contribution in [3.63, 3.8) is 0 Å². The molecule has 3 fully saturated rings. The Hall–Kier alpha value is -1.79. The summed E-state index contributed by atoms with van der Waals surface area (Å²) >= 11 is 0. The molecule has 0 amide bonds. The van der Waals surface area contributed by atoms with Crippen LogP contribution < -0.4 is 0 Å². The fourth-order valence-corrected chi connectivity index (χ4v) is 4.25. The molecule has 0 bridgehead atoms. The van der Waals surface area contributed by atoms with Gasteiger partial charge in [-0.25, -0.2) is 0 Å². The smallest absolute Gasteiger partial charge is 0.219 e. The number of hydrogen-bond donors (Lipinski definition) is 0. The van der Waals surface area contributed by atoms with Crippen molar-refractivity contribution in [1.29, 1.82) is 0 Å². The largest absolute Gasteiger partial charge is 0.425 e. The van der Waals surface area contributed by atoms with Gasteiger partial charge in [0.25, 0.3) is 0 Å². The molecule has 5 rings (SSSR count). The van der Waals surface area contributed by atoms with Gasteiger partial charge in [0, 0.05) is 31.1 Å². The molecule has 2 aromatic rings. The zero-order chi connectivity index (χ0) is 16.6. The highest BCUT2D eigenvalue weighted by Gasteiger charge is 2.41. The maximum Gasteiger partial charge on any atom is 0.219 e. The molecule has 6 heteroatoms. The van der Waals surface area contributed by atoms with Crippen molar-refractivity contribution < 1.29 is 9.15 Å². The second-order valence-corrected chi connectivity index (χ2v) is 7.65. The second kappa shape index (κ2) is 6.50. The van der Waals surface area contributed by atoms with Gasteiger partial charge in [0.2, 0.25) is 11.8 Å². The zero-order valence-electron chi connectivity index (χ0n) is 14.4. The highest BCUT2D eigenvalue weighted by molar-refractivity contribution is 5.04. The van der Waals surface area contributed by atoms with Crippen molar-refractivity contribution in [2.75, 3.05) is 19.7 Å². The van der Waals surface area contributed by atoms with E-state index in [0.29, 0.717) is 17.8 Å². The van der Waals surface area contributed by atoms with Gasteiger partial charge in [-0.3, -0.25) is 9.88 Å². The number of ether oxygens (including phenoxy) is 1. The first-order valence-corrected chi connectivity index (χ1v) is 9.41. The Kier molecular flexibility index (Phi) is 4.02. The molecule has 0 N–H and O–H groups in total. The van der Waals surface area contributed by atoms with E-state index >= 15 is 0 Å². The summed E-state index contributed by atoms with van der Waals surface area (Å²) in [5.74, 6) is 3.32. The number of nitrogens with zero attached hydrogens (tertiary/aromatic N) is 4. The molecule has 4 heterocycles. The molecule has 2 aromatic heterocycles. The molecular formula is C19H24N4O2. The van der Waals surface area contributed by atoms with E-state index in [9.17, 15) is 0 Å². The highest BCUT2D eigenvalue weighted by atomic mass is 16.5. The lowest BCUT2D eigenvalue weighted by atomic mass is 9.83. The van der Waals surface area contributed by atoms with E-state index in [-0.39, 0.29) is 6.10 Å². The van der Waals surface area contributed by atoms with Gasteiger partial charge in [0.1, 0.15) is 0 Å². The van der Waals surface area contributed by atoms with Gasteiger partial charge in [-0.2, -0.15) is 0 Å². The minimum atomic E-state index is 0.231. The Morgan fingerprint density at radius 1 is 1.16 bits per heavy atom. The average Bonchev–Trinajstić information content (AvgIpc) is 3.27. The van der Waals surface area contributed by atoms with Crippen LogP contribution in [0.1, 0.15) is 42.7 Å². The monoisotopic (exact) mass is 340 g/mol. The van der Waals surface area contributed by atoms with Crippen LogP contribution in [0.25, 0.3) is 0 Å². The van der Waals surface area contributed by atoms with Crippen LogP contribution in [-0.4, -0.2) is 45.9 Å². The standard InChI is InChI=1S/C19H24N4O2/c1-2-7-20-15(3-1)11-23-8-6-16-14(10-23)12-24-17(16)9-18-21-22-19(25-18)13-4-5-13/h1-3,7,13-14,16-17H,4-6,8-12H2/t14-,16-,17-/m1/s1. The molecule has 0 unspecified atom stereocenters. The van der Waals surface area contributed by atoms with E-state index in [1.54, 1.807) is 0 Å². The molecule has 3 aliphatic rings. The average molecular weight is 340 g/mol. The van der Waals surface area contributed by atoms with Crippen molar-refractivity contribution >= 4 is 0 Å². The predicted molar refractivity (Wildman–Crippen MR) is 90.8 cm³/mol. The summed E-state index contributed by atoms with van der Waals surface area (Å²) in [6.07, 6.45) is 6.43. The first kappa shape index (κ1) is 15.5. The van der Waals surface area contributed by atoms with E-state index in [1.165, 1.54) is 19.3 Å². The van der Waals surface area contributed by atoms with Crippen molar-refractivity contribution in [2.45, 2.75) is 44.2 Å². The first-order valence-electron chi connectivity index (χ1n) is 9.41. The van der Waals surface area contributed by atoms with Crippen LogP contribution in [0.3, 0.4) is 0 Å². The number of aromatic nitrogens is 3. The molecule has 3 atom stereocenters. The molecule has 2 saturated heterocycles. The van der Waals surface area contributed by atoms with Gasteiger partial charge < -0.3 is 9.15 Å². The van der Waals surface area contributed by atoms with E-state index in [1.807, 2.05) is 12.3 Å². The van der Waals surface area contributed by atoms with E-state index in [2.05, 4.69) is 32.2 Å². The van der Waals surface area contributed by atoms with Crippen LogP contribution in [-0.2, 0) is 17.7 Å². The number of fused-ring (bicyclic) bond motifs is 1. The second-order valence-electron chi connectivity index (χ2n) is 7.65. The molecule has 6 nitrogen and oxygen atoms in total. The van der Waals surface area contributed by atoms with Gasteiger partial charge in [-0.05, 0) is 43.9 Å². The molecule has 132 valence electrons. The summed E-state index contributed by atoms with van der Waals surface area (Å²) in [5.41, 5.74) is 1.15. The molecule has 2 aliphatic heterocycles. The number of likely N-dealkylation sites (tertiary alicyclic amines) is 1. The van der Waals surface area contributed by atoms with E-state index in [0.717, 1.165) is 50.1 Å². The summed E-state index contributed by atoms with van der Waals surface area (Å²) < 4.78 is 11.9. The van der Waals surface area contributed by atoms with E-state index < -0.39 is 0 Å². The molecule has 0 spiro atoms. The van der Waals surface area contributed by atoms with Crippen molar-refractivity contribution in [1.82, 2.24) is 20.1 Å². The maximum atomic E-state index is 6.12. The normalized spacial score (nSPS) is 29.7. The molecule has 25 heavy (non-hydrogen) atoms. The lowest BCUT2D eigenvalue weighted by Crippen LogP contribution is -2.41. The predicted octanol–water partition coefficient (Wildman–Crippen LogP) is 2.42. The van der Waals surface area contributed by atoms with Gasteiger partial charge in [0.15, 0.2) is 0 Å². The third-order valence-corrected chi connectivity index (χ3v) is 5.78. The molecule has 1 aliphatic carbocycles. The number of piperidine rings is 1. The lowest BCUT2D eigenvalue weighted by Gasteiger charge is -2.35.